The van der Waals surface area contributed by atoms with Gasteiger partial charge < -0.3 is 10.5 Å². The lowest BCUT2D eigenvalue weighted by molar-refractivity contribution is 0.236. The normalized spacial score (nSPS) is 15.8. The summed E-state index contributed by atoms with van der Waals surface area (Å²) in [5, 5.41) is 0. The zero-order chi connectivity index (χ0) is 13.7. The van der Waals surface area contributed by atoms with Gasteiger partial charge in [0.25, 0.3) is 0 Å². The molecule has 0 unspecified atom stereocenters. The van der Waals surface area contributed by atoms with Gasteiger partial charge in [-0.05, 0) is 61.6 Å². The summed E-state index contributed by atoms with van der Waals surface area (Å²) in [6.07, 6.45) is 8.59. The Balaban J connectivity index is 2.11. The van der Waals surface area contributed by atoms with Crippen LogP contribution in [0.5, 0.6) is 0 Å². The summed E-state index contributed by atoms with van der Waals surface area (Å²) < 4.78 is 5.65. The van der Waals surface area contributed by atoms with E-state index in [9.17, 15) is 0 Å². The van der Waals surface area contributed by atoms with Crippen LogP contribution in [0, 0.1) is 0 Å². The standard InChI is InChI=1S/C17H21NO/c1-3-19-17-12-15(5-4-13(17)2)7-6-14-8-10-16(18)11-9-14/h6-12H,3-5,18H2,1-2H3/b7-6+. The summed E-state index contributed by atoms with van der Waals surface area (Å²) in [5.41, 5.74) is 10.3. The first-order valence-corrected chi connectivity index (χ1v) is 6.76. The Labute approximate surface area is 115 Å². The molecule has 0 saturated carbocycles. The Morgan fingerprint density at radius 1 is 1.16 bits per heavy atom. The molecule has 0 saturated heterocycles. The molecule has 2 N–H and O–H groups in total. The molecule has 0 aromatic heterocycles. The van der Waals surface area contributed by atoms with Crippen molar-refractivity contribution in [1.82, 2.24) is 0 Å². The third kappa shape index (κ3) is 3.75. The van der Waals surface area contributed by atoms with Crippen LogP contribution in [0.1, 0.15) is 32.3 Å². The van der Waals surface area contributed by atoms with E-state index in [1.165, 1.54) is 16.7 Å². The number of anilines is 1. The molecule has 1 aliphatic rings. The Bertz CT molecular complexity index is 521. The molecular weight excluding hydrogens is 234 g/mol. The van der Waals surface area contributed by atoms with E-state index in [4.69, 9.17) is 10.5 Å². The van der Waals surface area contributed by atoms with Crippen LogP contribution in [0.2, 0.25) is 0 Å². The van der Waals surface area contributed by atoms with Gasteiger partial charge in [0.15, 0.2) is 0 Å². The van der Waals surface area contributed by atoms with Gasteiger partial charge in [0.05, 0.1) is 6.61 Å². The van der Waals surface area contributed by atoms with Crippen molar-refractivity contribution in [2.24, 2.45) is 0 Å². The molecular formula is C17H21NO. The summed E-state index contributed by atoms with van der Waals surface area (Å²) in [5.74, 6) is 1.03. The largest absolute Gasteiger partial charge is 0.494 e. The highest BCUT2D eigenvalue weighted by atomic mass is 16.5. The molecule has 0 bridgehead atoms. The molecule has 0 aliphatic heterocycles. The van der Waals surface area contributed by atoms with Crippen LogP contribution >= 0.6 is 0 Å². The second kappa shape index (κ2) is 6.28. The van der Waals surface area contributed by atoms with Crippen LogP contribution in [0.15, 0.2) is 53.3 Å². The first-order chi connectivity index (χ1) is 9.19. The van der Waals surface area contributed by atoms with Crippen molar-refractivity contribution in [2.75, 3.05) is 12.3 Å². The zero-order valence-corrected chi connectivity index (χ0v) is 11.6. The molecule has 2 nitrogen and oxygen atoms in total. The lowest BCUT2D eigenvalue weighted by atomic mass is 9.97. The predicted octanol–water partition coefficient (Wildman–Crippen LogP) is 4.31. The Morgan fingerprint density at radius 3 is 2.58 bits per heavy atom. The van der Waals surface area contributed by atoms with E-state index in [-0.39, 0.29) is 0 Å². The SMILES string of the molecule is CCOC1=C(C)CCC(/C=C/c2ccc(N)cc2)=C1. The van der Waals surface area contributed by atoms with Gasteiger partial charge in [0, 0.05) is 5.69 Å². The first-order valence-electron chi connectivity index (χ1n) is 6.76. The van der Waals surface area contributed by atoms with Gasteiger partial charge in [-0.15, -0.1) is 0 Å². The van der Waals surface area contributed by atoms with E-state index in [0.717, 1.165) is 30.9 Å². The number of hydrogen-bond donors (Lipinski definition) is 1. The predicted molar refractivity (Wildman–Crippen MR) is 81.5 cm³/mol. The molecule has 0 atom stereocenters. The van der Waals surface area contributed by atoms with Gasteiger partial charge in [-0.1, -0.05) is 24.3 Å². The molecule has 0 amide bonds. The summed E-state index contributed by atoms with van der Waals surface area (Å²) in [6, 6.07) is 7.90. The van der Waals surface area contributed by atoms with Gasteiger partial charge in [-0.25, -0.2) is 0 Å². The molecule has 1 aliphatic carbocycles. The van der Waals surface area contributed by atoms with E-state index in [0.29, 0.717) is 0 Å². The molecule has 2 rings (SSSR count). The smallest absolute Gasteiger partial charge is 0.118 e. The average Bonchev–Trinajstić information content (AvgIpc) is 2.42. The maximum absolute atomic E-state index is 5.67. The molecule has 0 fully saturated rings. The fourth-order valence-corrected chi connectivity index (χ4v) is 2.08. The molecule has 19 heavy (non-hydrogen) atoms. The van der Waals surface area contributed by atoms with Crippen LogP contribution < -0.4 is 5.73 Å². The number of nitrogen functional groups attached to an aromatic ring is 1. The Hall–Kier alpha value is -1.96. The third-order valence-electron chi connectivity index (χ3n) is 3.25. The van der Waals surface area contributed by atoms with Crippen LogP contribution in [-0.2, 0) is 4.74 Å². The minimum atomic E-state index is 0.720. The van der Waals surface area contributed by atoms with Crippen LogP contribution in [-0.4, -0.2) is 6.61 Å². The highest BCUT2D eigenvalue weighted by Gasteiger charge is 2.09. The van der Waals surface area contributed by atoms with Crippen LogP contribution in [0.25, 0.3) is 6.08 Å². The summed E-state index contributed by atoms with van der Waals surface area (Å²) >= 11 is 0. The van der Waals surface area contributed by atoms with Gasteiger partial charge >= 0.3 is 0 Å². The number of ether oxygens (including phenoxy) is 1. The summed E-state index contributed by atoms with van der Waals surface area (Å²) in [4.78, 5) is 0. The average molecular weight is 255 g/mol. The molecule has 2 heteroatoms. The summed E-state index contributed by atoms with van der Waals surface area (Å²) in [7, 11) is 0. The topological polar surface area (TPSA) is 35.2 Å². The number of allylic oxidation sites excluding steroid dienone is 4. The van der Waals surface area contributed by atoms with Gasteiger partial charge in [-0.2, -0.15) is 0 Å². The monoisotopic (exact) mass is 255 g/mol. The number of benzene rings is 1. The zero-order valence-electron chi connectivity index (χ0n) is 11.6. The number of hydrogen-bond acceptors (Lipinski definition) is 2. The van der Waals surface area contributed by atoms with Gasteiger partial charge in [0.1, 0.15) is 5.76 Å². The number of nitrogens with two attached hydrogens (primary N) is 1. The van der Waals surface area contributed by atoms with Crippen LogP contribution in [0.3, 0.4) is 0 Å². The van der Waals surface area contributed by atoms with Crippen molar-refractivity contribution >= 4 is 11.8 Å². The lowest BCUT2D eigenvalue weighted by Crippen LogP contribution is -1.99. The van der Waals surface area contributed by atoms with Crippen molar-refractivity contribution in [1.29, 1.82) is 0 Å². The second-order valence-corrected chi connectivity index (χ2v) is 4.80. The Kier molecular flexibility index (Phi) is 4.45. The molecule has 1 aromatic rings. The van der Waals surface area contributed by atoms with E-state index in [1.54, 1.807) is 0 Å². The van der Waals surface area contributed by atoms with Gasteiger partial charge in [0.2, 0.25) is 0 Å². The maximum atomic E-state index is 5.67. The minimum absolute atomic E-state index is 0.720. The van der Waals surface area contributed by atoms with Crippen molar-refractivity contribution in [2.45, 2.75) is 26.7 Å². The Morgan fingerprint density at radius 2 is 1.89 bits per heavy atom. The molecule has 0 radical (unpaired) electrons. The summed E-state index contributed by atoms with van der Waals surface area (Å²) in [6.45, 7) is 4.88. The van der Waals surface area contributed by atoms with Crippen molar-refractivity contribution in [3.63, 3.8) is 0 Å². The second-order valence-electron chi connectivity index (χ2n) is 4.80. The fraction of sp³-hybridized carbons (Fsp3) is 0.294. The molecule has 0 spiro atoms. The highest BCUT2D eigenvalue weighted by molar-refractivity contribution is 5.56. The maximum Gasteiger partial charge on any atom is 0.118 e. The molecule has 100 valence electrons. The molecule has 1 aromatic carbocycles. The van der Waals surface area contributed by atoms with Crippen molar-refractivity contribution in [3.8, 4) is 0 Å². The highest BCUT2D eigenvalue weighted by Crippen LogP contribution is 2.25. The fourth-order valence-electron chi connectivity index (χ4n) is 2.08. The van der Waals surface area contributed by atoms with Gasteiger partial charge in [-0.3, -0.25) is 0 Å². The van der Waals surface area contributed by atoms with Crippen LogP contribution in [0.4, 0.5) is 5.69 Å². The van der Waals surface area contributed by atoms with E-state index in [2.05, 4.69) is 25.2 Å². The van der Waals surface area contributed by atoms with Crippen molar-refractivity contribution in [3.05, 3.63) is 58.9 Å². The lowest BCUT2D eigenvalue weighted by Gasteiger charge is -2.16. The number of rotatable bonds is 4. The third-order valence-corrected chi connectivity index (χ3v) is 3.25. The van der Waals surface area contributed by atoms with E-state index >= 15 is 0 Å². The quantitative estimate of drug-likeness (QED) is 0.813. The minimum Gasteiger partial charge on any atom is -0.494 e. The van der Waals surface area contributed by atoms with E-state index < -0.39 is 0 Å². The first kappa shape index (κ1) is 13.5. The van der Waals surface area contributed by atoms with E-state index in [1.807, 2.05) is 31.2 Å². The molecule has 0 heterocycles. The van der Waals surface area contributed by atoms with Crippen molar-refractivity contribution < 1.29 is 4.74 Å².